The molecule has 0 radical (unpaired) electrons. The Morgan fingerprint density at radius 3 is 2.23 bits per heavy atom. The average Bonchev–Trinajstić information content (AvgIpc) is 3.00. The molecule has 0 spiro atoms. The minimum Gasteiger partial charge on any atom is -0.318 e. The van der Waals surface area contributed by atoms with Gasteiger partial charge in [0, 0.05) is 17.1 Å². The standard InChI is InChI=1S/C24H21N3O3/c1-15-9-7-8-12-21(15)27-23(29)20(22(28)25-24(27)30)14-18-13-16(2)26(17(18)3)19-10-5-4-6-11-19/h4-14H,1-3H3,(H,25,28,30)/b20-14-. The summed E-state index contributed by atoms with van der Waals surface area (Å²) >= 11 is 0. The summed E-state index contributed by atoms with van der Waals surface area (Å²) < 4.78 is 2.06. The molecule has 4 rings (SSSR count). The molecule has 3 aromatic rings. The SMILES string of the molecule is Cc1ccccc1N1C(=O)NC(=O)/C(=C/c2cc(C)n(-c3ccccc3)c2C)C1=O. The lowest BCUT2D eigenvalue weighted by molar-refractivity contribution is -0.122. The van der Waals surface area contributed by atoms with Crippen molar-refractivity contribution < 1.29 is 14.4 Å². The molecule has 0 atom stereocenters. The van der Waals surface area contributed by atoms with Crippen LogP contribution in [0.4, 0.5) is 10.5 Å². The number of benzene rings is 2. The van der Waals surface area contributed by atoms with Gasteiger partial charge in [0.15, 0.2) is 0 Å². The molecule has 0 unspecified atom stereocenters. The minimum absolute atomic E-state index is 0.0776. The Bertz CT molecular complexity index is 1210. The van der Waals surface area contributed by atoms with Crippen LogP contribution >= 0.6 is 0 Å². The second kappa shape index (κ2) is 7.48. The number of anilines is 1. The Balaban J connectivity index is 1.78. The number of rotatable bonds is 3. The molecule has 1 fully saturated rings. The number of aryl methyl sites for hydroxylation is 2. The van der Waals surface area contributed by atoms with Gasteiger partial charge in [-0.3, -0.25) is 14.9 Å². The molecule has 2 aromatic carbocycles. The zero-order chi connectivity index (χ0) is 21.4. The van der Waals surface area contributed by atoms with Gasteiger partial charge in [-0.25, -0.2) is 9.69 Å². The van der Waals surface area contributed by atoms with Crippen molar-refractivity contribution in [2.24, 2.45) is 0 Å². The summed E-state index contributed by atoms with van der Waals surface area (Å²) in [4.78, 5) is 39.1. The van der Waals surface area contributed by atoms with E-state index in [4.69, 9.17) is 0 Å². The Morgan fingerprint density at radius 2 is 1.53 bits per heavy atom. The van der Waals surface area contributed by atoms with Crippen molar-refractivity contribution in [2.45, 2.75) is 20.8 Å². The topological polar surface area (TPSA) is 71.4 Å². The molecule has 0 saturated carbocycles. The van der Waals surface area contributed by atoms with E-state index in [2.05, 4.69) is 9.88 Å². The molecule has 1 N–H and O–H groups in total. The van der Waals surface area contributed by atoms with Crippen molar-refractivity contribution in [1.82, 2.24) is 9.88 Å². The molecule has 1 aliphatic heterocycles. The molecule has 4 amide bonds. The zero-order valence-electron chi connectivity index (χ0n) is 17.0. The number of para-hydroxylation sites is 2. The van der Waals surface area contributed by atoms with E-state index >= 15 is 0 Å². The predicted octanol–water partition coefficient (Wildman–Crippen LogP) is 4.07. The van der Waals surface area contributed by atoms with E-state index in [1.807, 2.05) is 69.3 Å². The highest BCUT2D eigenvalue weighted by molar-refractivity contribution is 6.39. The number of amides is 4. The highest BCUT2D eigenvalue weighted by atomic mass is 16.2. The normalized spacial score (nSPS) is 15.6. The maximum atomic E-state index is 13.1. The molecule has 1 saturated heterocycles. The summed E-state index contributed by atoms with van der Waals surface area (Å²) in [6.45, 7) is 5.71. The van der Waals surface area contributed by atoms with Gasteiger partial charge in [-0.2, -0.15) is 0 Å². The second-order valence-corrected chi connectivity index (χ2v) is 7.24. The van der Waals surface area contributed by atoms with Crippen molar-refractivity contribution in [1.29, 1.82) is 0 Å². The quantitative estimate of drug-likeness (QED) is 0.533. The van der Waals surface area contributed by atoms with Crippen LogP contribution in [0.25, 0.3) is 11.8 Å². The van der Waals surface area contributed by atoms with Crippen molar-refractivity contribution >= 4 is 29.6 Å². The van der Waals surface area contributed by atoms with Crippen LogP contribution in [-0.4, -0.2) is 22.4 Å². The first-order valence-electron chi connectivity index (χ1n) is 9.60. The number of aromatic nitrogens is 1. The molecule has 1 aliphatic rings. The van der Waals surface area contributed by atoms with Crippen LogP contribution in [-0.2, 0) is 9.59 Å². The van der Waals surface area contributed by atoms with Crippen LogP contribution in [0.15, 0.2) is 66.2 Å². The Kier molecular flexibility index (Phi) is 4.83. The number of nitrogens with one attached hydrogen (secondary N) is 1. The van der Waals surface area contributed by atoms with Gasteiger partial charge in [0.1, 0.15) is 5.57 Å². The van der Waals surface area contributed by atoms with E-state index < -0.39 is 17.8 Å². The molecule has 30 heavy (non-hydrogen) atoms. The lowest BCUT2D eigenvalue weighted by Crippen LogP contribution is -2.54. The number of imide groups is 2. The van der Waals surface area contributed by atoms with Crippen LogP contribution in [0.2, 0.25) is 0 Å². The van der Waals surface area contributed by atoms with Crippen LogP contribution in [0, 0.1) is 20.8 Å². The first-order valence-corrected chi connectivity index (χ1v) is 9.60. The lowest BCUT2D eigenvalue weighted by Gasteiger charge is -2.27. The molecule has 0 bridgehead atoms. The third kappa shape index (κ3) is 3.22. The van der Waals surface area contributed by atoms with Gasteiger partial charge in [0.25, 0.3) is 11.8 Å². The zero-order valence-corrected chi connectivity index (χ0v) is 17.0. The molecule has 2 heterocycles. The van der Waals surface area contributed by atoms with Gasteiger partial charge in [-0.05, 0) is 62.2 Å². The van der Waals surface area contributed by atoms with E-state index in [-0.39, 0.29) is 5.57 Å². The molecular formula is C24H21N3O3. The van der Waals surface area contributed by atoms with Crippen molar-refractivity contribution in [3.63, 3.8) is 0 Å². The lowest BCUT2D eigenvalue weighted by atomic mass is 10.1. The summed E-state index contributed by atoms with van der Waals surface area (Å²) in [5.74, 6) is -1.33. The van der Waals surface area contributed by atoms with Gasteiger partial charge in [-0.15, -0.1) is 0 Å². The van der Waals surface area contributed by atoms with Crippen molar-refractivity contribution in [3.05, 3.63) is 88.8 Å². The van der Waals surface area contributed by atoms with Gasteiger partial charge in [0.05, 0.1) is 5.69 Å². The van der Waals surface area contributed by atoms with Gasteiger partial charge in [-0.1, -0.05) is 36.4 Å². The second-order valence-electron chi connectivity index (χ2n) is 7.24. The van der Waals surface area contributed by atoms with Crippen LogP contribution < -0.4 is 10.2 Å². The molecule has 6 nitrogen and oxygen atoms in total. The third-order valence-corrected chi connectivity index (χ3v) is 5.24. The van der Waals surface area contributed by atoms with Gasteiger partial charge in [0.2, 0.25) is 0 Å². The summed E-state index contributed by atoms with van der Waals surface area (Å²) in [5, 5.41) is 2.28. The minimum atomic E-state index is -0.744. The first-order chi connectivity index (χ1) is 14.4. The van der Waals surface area contributed by atoms with E-state index in [0.29, 0.717) is 5.69 Å². The highest BCUT2D eigenvalue weighted by Gasteiger charge is 2.37. The smallest absolute Gasteiger partial charge is 0.318 e. The van der Waals surface area contributed by atoms with E-state index in [1.54, 1.807) is 18.2 Å². The summed E-state index contributed by atoms with van der Waals surface area (Å²) in [5.41, 5.74) is 4.74. The maximum Gasteiger partial charge on any atom is 0.335 e. The highest BCUT2D eigenvalue weighted by Crippen LogP contribution is 2.27. The number of carbonyl (C=O) groups excluding carboxylic acids is 3. The molecule has 6 heteroatoms. The number of urea groups is 1. The Hall–Kier alpha value is -3.93. The maximum absolute atomic E-state index is 13.1. The van der Waals surface area contributed by atoms with Gasteiger partial charge < -0.3 is 4.57 Å². The summed E-state index contributed by atoms with van der Waals surface area (Å²) in [6.07, 6.45) is 1.55. The number of hydrogen-bond donors (Lipinski definition) is 1. The number of carbonyl (C=O) groups is 3. The monoisotopic (exact) mass is 399 g/mol. The van der Waals surface area contributed by atoms with Crippen LogP contribution in [0.3, 0.4) is 0 Å². The van der Waals surface area contributed by atoms with Crippen LogP contribution in [0.1, 0.15) is 22.5 Å². The summed E-state index contributed by atoms with van der Waals surface area (Å²) in [6, 6.07) is 18.1. The predicted molar refractivity (Wildman–Crippen MR) is 115 cm³/mol. The Labute approximate surface area is 174 Å². The number of hydrogen-bond acceptors (Lipinski definition) is 3. The van der Waals surface area contributed by atoms with Crippen molar-refractivity contribution in [2.75, 3.05) is 4.90 Å². The fourth-order valence-corrected chi connectivity index (χ4v) is 3.75. The largest absolute Gasteiger partial charge is 0.335 e. The van der Waals surface area contributed by atoms with Crippen LogP contribution in [0.5, 0.6) is 0 Å². The molecule has 1 aromatic heterocycles. The molecule has 150 valence electrons. The first kappa shape index (κ1) is 19.4. The third-order valence-electron chi connectivity index (χ3n) is 5.24. The van der Waals surface area contributed by atoms with E-state index in [1.165, 1.54) is 0 Å². The van der Waals surface area contributed by atoms with Crippen molar-refractivity contribution in [3.8, 4) is 5.69 Å². The van der Waals surface area contributed by atoms with E-state index in [9.17, 15) is 14.4 Å². The van der Waals surface area contributed by atoms with Gasteiger partial charge >= 0.3 is 6.03 Å². The number of barbiturate groups is 1. The fraction of sp³-hybridized carbons (Fsp3) is 0.125. The number of nitrogens with zero attached hydrogens (tertiary/aromatic N) is 2. The summed E-state index contributed by atoms with van der Waals surface area (Å²) in [7, 11) is 0. The molecular weight excluding hydrogens is 378 g/mol. The average molecular weight is 399 g/mol. The van der Waals surface area contributed by atoms with E-state index in [0.717, 1.165) is 33.1 Å². The fourth-order valence-electron chi connectivity index (χ4n) is 3.75. The Morgan fingerprint density at radius 1 is 0.867 bits per heavy atom. The molecule has 0 aliphatic carbocycles.